The van der Waals surface area contributed by atoms with E-state index >= 15 is 0 Å². The summed E-state index contributed by atoms with van der Waals surface area (Å²) in [5, 5.41) is 9.69. The minimum atomic E-state index is -0.701. The van der Waals surface area contributed by atoms with Gasteiger partial charge in [0, 0.05) is 13.7 Å². The second kappa shape index (κ2) is 5.53. The van der Waals surface area contributed by atoms with Crippen molar-refractivity contribution in [2.75, 3.05) is 13.7 Å². The van der Waals surface area contributed by atoms with Crippen LogP contribution in [0.25, 0.3) is 0 Å². The van der Waals surface area contributed by atoms with Gasteiger partial charge in [-0.3, -0.25) is 4.79 Å². The first-order valence-corrected chi connectivity index (χ1v) is 6.51. The van der Waals surface area contributed by atoms with Crippen molar-refractivity contribution in [1.82, 2.24) is 0 Å². The highest BCUT2D eigenvalue weighted by molar-refractivity contribution is 5.82. The molecule has 1 atom stereocenters. The summed E-state index contributed by atoms with van der Waals surface area (Å²) in [6.07, 6.45) is 4.14. The molecule has 0 radical (unpaired) electrons. The molecule has 0 heterocycles. The number of benzene rings is 1. The van der Waals surface area contributed by atoms with Gasteiger partial charge < -0.3 is 9.84 Å². The Hall–Kier alpha value is -1.35. The van der Waals surface area contributed by atoms with Gasteiger partial charge in [0.25, 0.3) is 0 Å². The van der Waals surface area contributed by atoms with Gasteiger partial charge in [0.2, 0.25) is 0 Å². The molecule has 1 aliphatic rings. The molecular weight excluding hydrogens is 228 g/mol. The Morgan fingerprint density at radius 3 is 2.94 bits per heavy atom. The number of carbonyl (C=O) groups is 1. The zero-order valence-electron chi connectivity index (χ0n) is 10.8. The molecule has 3 heteroatoms. The number of fused-ring (bicyclic) bond motifs is 1. The molecule has 0 amide bonds. The molecule has 0 fully saturated rings. The lowest BCUT2D eigenvalue weighted by molar-refractivity contribution is -0.145. The molecule has 0 spiro atoms. The maximum atomic E-state index is 11.8. The van der Waals surface area contributed by atoms with E-state index in [9.17, 15) is 9.90 Å². The summed E-state index contributed by atoms with van der Waals surface area (Å²) in [6, 6.07) is 7.97. The number of carboxylic acids is 1. The summed E-state index contributed by atoms with van der Waals surface area (Å²) in [4.78, 5) is 11.8. The predicted molar refractivity (Wildman–Crippen MR) is 69.8 cm³/mol. The van der Waals surface area contributed by atoms with Crippen molar-refractivity contribution < 1.29 is 14.6 Å². The highest BCUT2D eigenvalue weighted by Crippen LogP contribution is 2.41. The van der Waals surface area contributed by atoms with Gasteiger partial charge in [0.15, 0.2) is 0 Å². The van der Waals surface area contributed by atoms with Crippen molar-refractivity contribution in [1.29, 1.82) is 0 Å². The van der Waals surface area contributed by atoms with E-state index in [0.717, 1.165) is 31.2 Å². The number of carboxylic acid groups (broad SMARTS) is 1. The molecule has 1 aromatic rings. The quantitative estimate of drug-likeness (QED) is 0.815. The van der Waals surface area contributed by atoms with E-state index in [0.29, 0.717) is 13.0 Å². The highest BCUT2D eigenvalue weighted by atomic mass is 16.5. The molecule has 0 bridgehead atoms. The van der Waals surface area contributed by atoms with Gasteiger partial charge >= 0.3 is 5.97 Å². The standard InChI is InChI=1S/C15H20O3/c1-18-11-5-10-15(14(16)17)9-4-7-12-6-2-3-8-13(12)15/h2-3,6,8H,4-5,7,9-11H2,1H3,(H,16,17). The van der Waals surface area contributed by atoms with E-state index < -0.39 is 11.4 Å². The summed E-state index contributed by atoms with van der Waals surface area (Å²) < 4.78 is 5.05. The zero-order valence-corrected chi connectivity index (χ0v) is 10.8. The molecule has 0 saturated heterocycles. The number of rotatable bonds is 5. The van der Waals surface area contributed by atoms with Gasteiger partial charge in [-0.15, -0.1) is 0 Å². The first-order valence-electron chi connectivity index (χ1n) is 6.51. The van der Waals surface area contributed by atoms with Crippen LogP contribution < -0.4 is 0 Å². The monoisotopic (exact) mass is 248 g/mol. The number of aryl methyl sites for hydroxylation is 1. The predicted octanol–water partition coefficient (Wildman–Crippen LogP) is 2.77. The number of hydrogen-bond acceptors (Lipinski definition) is 2. The number of aliphatic carboxylic acids is 1. The SMILES string of the molecule is COCCCC1(C(=O)O)CCCc2ccccc21. The molecule has 1 N–H and O–H groups in total. The molecule has 0 saturated carbocycles. The van der Waals surface area contributed by atoms with Crippen molar-refractivity contribution in [2.24, 2.45) is 0 Å². The highest BCUT2D eigenvalue weighted by Gasteiger charge is 2.42. The van der Waals surface area contributed by atoms with Crippen LogP contribution in [0.1, 0.15) is 36.8 Å². The van der Waals surface area contributed by atoms with Crippen molar-refractivity contribution in [3.05, 3.63) is 35.4 Å². The lowest BCUT2D eigenvalue weighted by Gasteiger charge is -2.35. The second-order valence-electron chi connectivity index (χ2n) is 4.99. The Balaban J connectivity index is 2.33. The largest absolute Gasteiger partial charge is 0.481 e. The normalized spacial score (nSPS) is 22.5. The summed E-state index contributed by atoms with van der Waals surface area (Å²) in [6.45, 7) is 0.622. The zero-order chi connectivity index (χ0) is 13.0. The van der Waals surface area contributed by atoms with Crippen LogP contribution in [0.2, 0.25) is 0 Å². The molecule has 3 nitrogen and oxygen atoms in total. The fourth-order valence-electron chi connectivity index (χ4n) is 3.03. The fourth-order valence-corrected chi connectivity index (χ4v) is 3.03. The molecule has 0 aromatic heterocycles. The van der Waals surface area contributed by atoms with Crippen molar-refractivity contribution >= 4 is 5.97 Å². The smallest absolute Gasteiger partial charge is 0.314 e. The molecule has 18 heavy (non-hydrogen) atoms. The first-order chi connectivity index (χ1) is 8.70. The minimum absolute atomic E-state index is 0.622. The third-order valence-electron chi connectivity index (χ3n) is 3.94. The Morgan fingerprint density at radius 2 is 2.22 bits per heavy atom. The average Bonchev–Trinajstić information content (AvgIpc) is 2.39. The van der Waals surface area contributed by atoms with Crippen LogP contribution in [-0.4, -0.2) is 24.8 Å². The van der Waals surface area contributed by atoms with E-state index in [2.05, 4.69) is 6.07 Å². The second-order valence-corrected chi connectivity index (χ2v) is 4.99. The molecule has 98 valence electrons. The molecule has 0 aliphatic heterocycles. The van der Waals surface area contributed by atoms with Crippen LogP contribution in [0.15, 0.2) is 24.3 Å². The molecular formula is C15H20O3. The van der Waals surface area contributed by atoms with Gasteiger partial charge in [-0.05, 0) is 43.2 Å². The topological polar surface area (TPSA) is 46.5 Å². The van der Waals surface area contributed by atoms with Gasteiger partial charge in [-0.2, -0.15) is 0 Å². The Labute approximate surface area is 108 Å². The van der Waals surface area contributed by atoms with Crippen molar-refractivity contribution in [3.63, 3.8) is 0 Å². The van der Waals surface area contributed by atoms with Crippen LogP contribution in [0.3, 0.4) is 0 Å². The minimum Gasteiger partial charge on any atom is -0.481 e. The summed E-state index contributed by atoms with van der Waals surface area (Å²) >= 11 is 0. The van der Waals surface area contributed by atoms with Crippen molar-refractivity contribution in [3.8, 4) is 0 Å². The van der Waals surface area contributed by atoms with Crippen molar-refractivity contribution in [2.45, 2.75) is 37.5 Å². The third kappa shape index (κ3) is 2.27. The number of hydrogen-bond donors (Lipinski definition) is 1. The summed E-state index contributed by atoms with van der Waals surface area (Å²) in [5.41, 5.74) is 1.51. The third-order valence-corrected chi connectivity index (χ3v) is 3.94. The Kier molecular flexibility index (Phi) is 4.02. The van der Waals surface area contributed by atoms with Crippen LogP contribution >= 0.6 is 0 Å². The summed E-state index contributed by atoms with van der Waals surface area (Å²) in [5.74, 6) is -0.689. The Morgan fingerprint density at radius 1 is 1.44 bits per heavy atom. The maximum Gasteiger partial charge on any atom is 0.314 e. The van der Waals surface area contributed by atoms with Crippen LogP contribution in [-0.2, 0) is 21.4 Å². The average molecular weight is 248 g/mol. The van der Waals surface area contributed by atoms with Crippen LogP contribution in [0.4, 0.5) is 0 Å². The molecule has 2 rings (SSSR count). The summed E-state index contributed by atoms with van der Waals surface area (Å²) in [7, 11) is 1.66. The maximum absolute atomic E-state index is 11.8. The van der Waals surface area contributed by atoms with E-state index in [1.807, 2.05) is 18.2 Å². The molecule has 1 aliphatic carbocycles. The number of methoxy groups -OCH3 is 1. The fraction of sp³-hybridized carbons (Fsp3) is 0.533. The first kappa shape index (κ1) is 13.1. The molecule has 1 unspecified atom stereocenters. The van der Waals surface area contributed by atoms with Gasteiger partial charge in [0.05, 0.1) is 5.41 Å². The van der Waals surface area contributed by atoms with Gasteiger partial charge in [-0.1, -0.05) is 24.3 Å². The van der Waals surface area contributed by atoms with E-state index in [1.54, 1.807) is 7.11 Å². The Bertz CT molecular complexity index is 428. The number of ether oxygens (including phenoxy) is 1. The van der Waals surface area contributed by atoms with Gasteiger partial charge in [0.1, 0.15) is 0 Å². The van der Waals surface area contributed by atoms with Crippen LogP contribution in [0.5, 0.6) is 0 Å². The molecule has 1 aromatic carbocycles. The van der Waals surface area contributed by atoms with Crippen LogP contribution in [0, 0.1) is 0 Å². The lowest BCUT2D eigenvalue weighted by atomic mass is 9.67. The van der Waals surface area contributed by atoms with Gasteiger partial charge in [-0.25, -0.2) is 0 Å². The van der Waals surface area contributed by atoms with E-state index in [1.165, 1.54) is 5.56 Å². The van der Waals surface area contributed by atoms with E-state index in [-0.39, 0.29) is 0 Å². The lowest BCUT2D eigenvalue weighted by Crippen LogP contribution is -2.39. The van der Waals surface area contributed by atoms with E-state index in [4.69, 9.17) is 4.74 Å².